The summed E-state index contributed by atoms with van der Waals surface area (Å²) < 4.78 is 0. The third kappa shape index (κ3) is 2.38. The summed E-state index contributed by atoms with van der Waals surface area (Å²) in [5.74, 6) is 0. The van der Waals surface area contributed by atoms with Gasteiger partial charge in [-0.25, -0.2) is 0 Å². The van der Waals surface area contributed by atoms with Gasteiger partial charge in [0.2, 0.25) is 0 Å². The third-order valence-corrected chi connectivity index (χ3v) is 4.35. The van der Waals surface area contributed by atoms with Crippen LogP contribution in [0.15, 0.2) is 48.5 Å². The molecule has 1 aliphatic carbocycles. The smallest absolute Gasteiger partial charge is 0.0887 e. The van der Waals surface area contributed by atoms with Crippen LogP contribution in [0, 0.1) is 0 Å². The molecule has 0 aromatic heterocycles. The molecule has 19 heavy (non-hydrogen) atoms. The molecular weight excluding hydrogens is 279 g/mol. The quantitative estimate of drug-likeness (QED) is 0.865. The number of aliphatic hydroxyl groups excluding tert-OH is 1. The monoisotopic (exact) mass is 292 g/mol. The molecule has 3 heteroatoms. The van der Waals surface area contributed by atoms with Gasteiger partial charge in [-0.1, -0.05) is 47.5 Å². The lowest BCUT2D eigenvalue weighted by atomic mass is 9.86. The van der Waals surface area contributed by atoms with E-state index in [0.717, 1.165) is 24.0 Å². The van der Waals surface area contributed by atoms with Crippen LogP contribution in [0.3, 0.4) is 0 Å². The van der Waals surface area contributed by atoms with Gasteiger partial charge in [-0.15, -0.1) is 0 Å². The Balaban J connectivity index is 1.97. The average molecular weight is 293 g/mol. The summed E-state index contributed by atoms with van der Waals surface area (Å²) in [7, 11) is 0. The lowest BCUT2D eigenvalue weighted by molar-refractivity contribution is 0.133. The van der Waals surface area contributed by atoms with Crippen molar-refractivity contribution in [2.24, 2.45) is 0 Å². The Morgan fingerprint density at radius 3 is 2.16 bits per heavy atom. The summed E-state index contributed by atoms with van der Waals surface area (Å²) in [6.07, 6.45) is 1.41. The Morgan fingerprint density at radius 2 is 1.58 bits per heavy atom. The zero-order chi connectivity index (χ0) is 13.5. The standard InChI is InChI=1S/C16H14Cl2O/c17-13-5-1-3-11(9-13)15(19)16(7-8-16)12-4-2-6-14(18)10-12/h1-6,9-10,15,19H,7-8H2. The molecular formula is C16H14Cl2O. The Kier molecular flexibility index (Phi) is 3.30. The van der Waals surface area contributed by atoms with Gasteiger partial charge >= 0.3 is 0 Å². The fraction of sp³-hybridized carbons (Fsp3) is 0.250. The first-order chi connectivity index (χ1) is 9.12. The lowest BCUT2D eigenvalue weighted by Crippen LogP contribution is -2.18. The second-order valence-corrected chi connectivity index (χ2v) is 6.00. The molecule has 0 spiro atoms. The molecule has 1 aliphatic rings. The number of rotatable bonds is 3. The summed E-state index contributed by atoms with van der Waals surface area (Å²) in [5.41, 5.74) is 1.77. The maximum Gasteiger partial charge on any atom is 0.0887 e. The summed E-state index contributed by atoms with van der Waals surface area (Å²) in [5, 5.41) is 12.0. The minimum absolute atomic E-state index is 0.199. The number of halogens is 2. The minimum Gasteiger partial charge on any atom is -0.387 e. The molecule has 3 rings (SSSR count). The first-order valence-electron chi connectivity index (χ1n) is 6.31. The van der Waals surface area contributed by atoms with E-state index in [4.69, 9.17) is 23.2 Å². The SMILES string of the molecule is OC(c1cccc(Cl)c1)C1(c2cccc(Cl)c2)CC1. The molecule has 0 saturated heterocycles. The minimum atomic E-state index is -0.537. The second kappa shape index (κ2) is 4.82. The summed E-state index contributed by atoms with van der Waals surface area (Å²) in [6, 6.07) is 15.2. The van der Waals surface area contributed by atoms with Crippen molar-refractivity contribution in [1.29, 1.82) is 0 Å². The van der Waals surface area contributed by atoms with E-state index in [1.54, 1.807) is 0 Å². The van der Waals surface area contributed by atoms with Crippen LogP contribution < -0.4 is 0 Å². The molecule has 1 fully saturated rings. The molecule has 0 heterocycles. The summed E-state index contributed by atoms with van der Waals surface area (Å²) in [4.78, 5) is 0. The predicted octanol–water partition coefficient (Wildman–Crippen LogP) is 4.76. The maximum absolute atomic E-state index is 10.7. The van der Waals surface area contributed by atoms with Crippen molar-refractivity contribution in [2.75, 3.05) is 0 Å². The largest absolute Gasteiger partial charge is 0.387 e. The zero-order valence-corrected chi connectivity index (χ0v) is 11.8. The van der Waals surface area contributed by atoms with Crippen LogP contribution in [-0.2, 0) is 5.41 Å². The molecule has 0 bridgehead atoms. The van der Waals surface area contributed by atoms with Gasteiger partial charge in [0, 0.05) is 15.5 Å². The van der Waals surface area contributed by atoms with Gasteiger partial charge < -0.3 is 5.11 Å². The number of hydrogen-bond donors (Lipinski definition) is 1. The van der Waals surface area contributed by atoms with Crippen molar-refractivity contribution in [3.05, 3.63) is 69.7 Å². The van der Waals surface area contributed by atoms with Crippen LogP contribution in [0.25, 0.3) is 0 Å². The molecule has 1 saturated carbocycles. The van der Waals surface area contributed by atoms with E-state index >= 15 is 0 Å². The Hall–Kier alpha value is -1.02. The normalized spacial score (nSPS) is 18.1. The molecule has 2 aromatic carbocycles. The van der Waals surface area contributed by atoms with Gasteiger partial charge in [0.05, 0.1) is 6.10 Å². The van der Waals surface area contributed by atoms with Crippen LogP contribution in [0.5, 0.6) is 0 Å². The van der Waals surface area contributed by atoms with Gasteiger partial charge in [0.15, 0.2) is 0 Å². The van der Waals surface area contributed by atoms with Crippen molar-refractivity contribution in [3.63, 3.8) is 0 Å². The van der Waals surface area contributed by atoms with Crippen LogP contribution in [0.4, 0.5) is 0 Å². The zero-order valence-electron chi connectivity index (χ0n) is 10.3. The van der Waals surface area contributed by atoms with Crippen molar-refractivity contribution in [1.82, 2.24) is 0 Å². The Bertz CT molecular complexity index is 605. The van der Waals surface area contributed by atoms with Crippen LogP contribution in [-0.4, -0.2) is 5.11 Å². The fourth-order valence-electron chi connectivity index (χ4n) is 2.65. The van der Waals surface area contributed by atoms with E-state index in [-0.39, 0.29) is 5.41 Å². The van der Waals surface area contributed by atoms with Gasteiger partial charge in [0.25, 0.3) is 0 Å². The summed E-state index contributed by atoms with van der Waals surface area (Å²) >= 11 is 12.1. The van der Waals surface area contributed by atoms with Gasteiger partial charge in [-0.3, -0.25) is 0 Å². The van der Waals surface area contributed by atoms with E-state index in [9.17, 15) is 5.11 Å². The van der Waals surface area contributed by atoms with Gasteiger partial charge in [-0.05, 0) is 48.2 Å². The third-order valence-electron chi connectivity index (χ3n) is 3.88. The van der Waals surface area contributed by atoms with Crippen molar-refractivity contribution < 1.29 is 5.11 Å². The fourth-order valence-corrected chi connectivity index (χ4v) is 3.04. The van der Waals surface area contributed by atoms with Crippen LogP contribution in [0.1, 0.15) is 30.1 Å². The average Bonchev–Trinajstić information content (AvgIpc) is 3.19. The Morgan fingerprint density at radius 1 is 0.947 bits per heavy atom. The molecule has 1 unspecified atom stereocenters. The molecule has 0 radical (unpaired) electrons. The van der Waals surface area contributed by atoms with E-state index < -0.39 is 6.10 Å². The predicted molar refractivity (Wildman–Crippen MR) is 78.8 cm³/mol. The highest BCUT2D eigenvalue weighted by atomic mass is 35.5. The number of hydrogen-bond acceptors (Lipinski definition) is 1. The second-order valence-electron chi connectivity index (χ2n) is 5.12. The van der Waals surface area contributed by atoms with Crippen LogP contribution >= 0.6 is 23.2 Å². The molecule has 0 aliphatic heterocycles. The lowest BCUT2D eigenvalue weighted by Gasteiger charge is -2.23. The van der Waals surface area contributed by atoms with E-state index in [0.29, 0.717) is 10.0 Å². The highest BCUT2D eigenvalue weighted by Gasteiger charge is 2.50. The molecule has 1 nitrogen and oxygen atoms in total. The van der Waals surface area contributed by atoms with E-state index in [2.05, 4.69) is 0 Å². The van der Waals surface area contributed by atoms with Crippen molar-refractivity contribution in [2.45, 2.75) is 24.4 Å². The topological polar surface area (TPSA) is 20.2 Å². The van der Waals surface area contributed by atoms with E-state index in [1.807, 2.05) is 48.5 Å². The first-order valence-corrected chi connectivity index (χ1v) is 7.07. The number of aliphatic hydroxyl groups is 1. The summed E-state index contributed by atoms with van der Waals surface area (Å²) in [6.45, 7) is 0. The van der Waals surface area contributed by atoms with Crippen molar-refractivity contribution >= 4 is 23.2 Å². The molecule has 1 atom stereocenters. The van der Waals surface area contributed by atoms with E-state index in [1.165, 1.54) is 0 Å². The van der Waals surface area contributed by atoms with Crippen molar-refractivity contribution in [3.8, 4) is 0 Å². The van der Waals surface area contributed by atoms with Gasteiger partial charge in [-0.2, -0.15) is 0 Å². The Labute approximate surface area is 122 Å². The first kappa shape index (κ1) is 13.0. The molecule has 0 amide bonds. The molecule has 2 aromatic rings. The molecule has 1 N–H and O–H groups in total. The highest BCUT2D eigenvalue weighted by Crippen LogP contribution is 2.56. The maximum atomic E-state index is 10.7. The molecule has 98 valence electrons. The highest BCUT2D eigenvalue weighted by molar-refractivity contribution is 6.30. The number of benzene rings is 2. The van der Waals surface area contributed by atoms with Crippen LogP contribution in [0.2, 0.25) is 10.0 Å². The van der Waals surface area contributed by atoms with Gasteiger partial charge in [0.1, 0.15) is 0 Å².